The van der Waals surface area contributed by atoms with E-state index in [0.717, 1.165) is 25.2 Å². The summed E-state index contributed by atoms with van der Waals surface area (Å²) in [5.74, 6) is -3.57. The second-order valence-electron chi connectivity index (χ2n) is 6.34. The largest absolute Gasteiger partial charge is 0.438 e. The average Bonchev–Trinajstić information content (AvgIpc) is 2.96. The number of hydrogen-bond acceptors (Lipinski definition) is 3. The summed E-state index contributed by atoms with van der Waals surface area (Å²) in [7, 11) is 1.01. The first kappa shape index (κ1) is 22.1. The van der Waals surface area contributed by atoms with E-state index in [4.69, 9.17) is 0 Å². The van der Waals surface area contributed by atoms with Crippen LogP contribution in [0.15, 0.2) is 48.5 Å². The lowest BCUT2D eigenvalue weighted by Gasteiger charge is -2.14. The molecule has 1 heterocycles. The number of amides is 1. The Morgan fingerprint density at radius 1 is 0.968 bits per heavy atom. The summed E-state index contributed by atoms with van der Waals surface area (Å²) in [6.07, 6.45) is -9.64. The number of aromatic nitrogens is 2. The first-order chi connectivity index (χ1) is 14.4. The Kier molecular flexibility index (Phi) is 5.66. The number of carbonyl (C=O) groups excluding carboxylic acids is 1. The summed E-state index contributed by atoms with van der Waals surface area (Å²) < 4.78 is 91.8. The lowest BCUT2D eigenvalue weighted by atomic mass is 10.1. The van der Waals surface area contributed by atoms with Gasteiger partial charge in [0.2, 0.25) is 5.69 Å². The molecule has 0 fully saturated rings. The molecule has 0 spiro atoms. The molecular formula is C19H13F7N4O. The number of hydrogen-bond donors (Lipinski definition) is 2. The quantitative estimate of drug-likeness (QED) is 0.514. The van der Waals surface area contributed by atoms with Gasteiger partial charge in [0.25, 0.3) is 5.91 Å². The summed E-state index contributed by atoms with van der Waals surface area (Å²) in [5, 5.41) is 7.70. The van der Waals surface area contributed by atoms with Crippen LogP contribution in [0, 0.1) is 5.82 Å². The van der Waals surface area contributed by atoms with E-state index in [1.165, 1.54) is 30.3 Å². The zero-order valence-corrected chi connectivity index (χ0v) is 15.6. The molecule has 2 aromatic carbocycles. The summed E-state index contributed by atoms with van der Waals surface area (Å²) in [6, 6.07) is 9.74. The third kappa shape index (κ3) is 4.78. The number of anilines is 3. The standard InChI is InChI=1S/C19H13F7N4O/c1-30-16(14(20)15(29-30)19(24,25)26)28-17(31)12-7-2-3-8-13(12)27-11-6-4-5-10(9-11)18(21,22)23/h2-9,27H,1H3,(H,28,31). The normalized spacial score (nSPS) is 12.0. The molecule has 0 aliphatic carbocycles. The molecule has 0 aliphatic rings. The number of nitrogens with one attached hydrogen (secondary N) is 2. The summed E-state index contributed by atoms with van der Waals surface area (Å²) in [6.45, 7) is 0. The minimum Gasteiger partial charge on any atom is -0.355 e. The lowest BCUT2D eigenvalue weighted by Crippen LogP contribution is -2.17. The van der Waals surface area contributed by atoms with Crippen LogP contribution in [0.25, 0.3) is 0 Å². The van der Waals surface area contributed by atoms with Crippen molar-refractivity contribution >= 4 is 23.1 Å². The van der Waals surface area contributed by atoms with Crippen LogP contribution in [-0.2, 0) is 19.4 Å². The van der Waals surface area contributed by atoms with Crippen molar-refractivity contribution in [2.75, 3.05) is 10.6 Å². The molecular weight excluding hydrogens is 433 g/mol. The van der Waals surface area contributed by atoms with Crippen LogP contribution >= 0.6 is 0 Å². The highest BCUT2D eigenvalue weighted by Gasteiger charge is 2.40. The predicted octanol–water partition coefficient (Wildman–Crippen LogP) is 5.59. The van der Waals surface area contributed by atoms with Crippen LogP contribution in [0.1, 0.15) is 21.6 Å². The maximum atomic E-state index is 14.1. The van der Waals surface area contributed by atoms with Gasteiger partial charge in [0.05, 0.1) is 16.8 Å². The number of halogens is 7. The van der Waals surface area contributed by atoms with Crippen LogP contribution in [0.3, 0.4) is 0 Å². The van der Waals surface area contributed by atoms with Gasteiger partial charge in [-0.2, -0.15) is 31.4 Å². The number of alkyl halides is 6. The third-order valence-corrected chi connectivity index (χ3v) is 4.13. The van der Waals surface area contributed by atoms with Crippen molar-refractivity contribution in [3.05, 3.63) is 71.2 Å². The zero-order valence-electron chi connectivity index (χ0n) is 15.6. The molecule has 0 atom stereocenters. The Balaban J connectivity index is 1.90. The number of nitrogens with zero attached hydrogens (tertiary/aromatic N) is 2. The molecule has 0 radical (unpaired) electrons. The van der Waals surface area contributed by atoms with Crippen molar-refractivity contribution in [1.29, 1.82) is 0 Å². The van der Waals surface area contributed by atoms with Crippen LogP contribution in [0.4, 0.5) is 47.9 Å². The molecule has 12 heteroatoms. The zero-order chi connectivity index (χ0) is 23.0. The number of carbonyl (C=O) groups is 1. The predicted molar refractivity (Wildman–Crippen MR) is 97.3 cm³/mol. The second kappa shape index (κ2) is 7.93. The molecule has 31 heavy (non-hydrogen) atoms. The van der Waals surface area contributed by atoms with Crippen LogP contribution < -0.4 is 10.6 Å². The molecule has 0 unspecified atom stereocenters. The first-order valence-corrected chi connectivity index (χ1v) is 8.52. The van der Waals surface area contributed by atoms with Gasteiger partial charge in [0.15, 0.2) is 11.6 Å². The molecule has 3 aromatic rings. The highest BCUT2D eigenvalue weighted by Crippen LogP contribution is 2.34. The Morgan fingerprint density at radius 3 is 2.26 bits per heavy atom. The van der Waals surface area contributed by atoms with Gasteiger partial charge in [-0.05, 0) is 30.3 Å². The van der Waals surface area contributed by atoms with E-state index < -0.39 is 41.2 Å². The van der Waals surface area contributed by atoms with Crippen LogP contribution in [-0.4, -0.2) is 15.7 Å². The average molecular weight is 446 g/mol. The molecule has 1 aromatic heterocycles. The SMILES string of the molecule is Cn1nc(C(F)(F)F)c(F)c1NC(=O)c1ccccc1Nc1cccc(C(F)(F)F)c1. The van der Waals surface area contributed by atoms with Gasteiger partial charge in [0, 0.05) is 12.7 Å². The molecule has 0 bridgehead atoms. The van der Waals surface area contributed by atoms with Crippen molar-refractivity contribution < 1.29 is 35.5 Å². The van der Waals surface area contributed by atoms with Gasteiger partial charge < -0.3 is 10.6 Å². The Labute approximate surface area is 170 Å². The molecule has 3 rings (SSSR count). The second-order valence-corrected chi connectivity index (χ2v) is 6.34. The Hall–Kier alpha value is -3.57. The van der Waals surface area contributed by atoms with Crippen molar-refractivity contribution in [1.82, 2.24) is 9.78 Å². The van der Waals surface area contributed by atoms with Crippen molar-refractivity contribution in [3.63, 3.8) is 0 Å². The fraction of sp³-hybridized carbons (Fsp3) is 0.158. The van der Waals surface area contributed by atoms with E-state index in [1.807, 2.05) is 5.32 Å². The maximum Gasteiger partial charge on any atom is 0.438 e. The van der Waals surface area contributed by atoms with Crippen LogP contribution in [0.5, 0.6) is 0 Å². The maximum absolute atomic E-state index is 14.1. The van der Waals surface area contributed by atoms with Crippen molar-refractivity contribution in [2.24, 2.45) is 7.05 Å². The molecule has 1 amide bonds. The highest BCUT2D eigenvalue weighted by molar-refractivity contribution is 6.08. The number of rotatable bonds is 4. The Bertz CT molecular complexity index is 1120. The van der Waals surface area contributed by atoms with Gasteiger partial charge in [-0.1, -0.05) is 18.2 Å². The van der Waals surface area contributed by atoms with E-state index in [1.54, 1.807) is 0 Å². The van der Waals surface area contributed by atoms with Gasteiger partial charge in [-0.15, -0.1) is 0 Å². The van der Waals surface area contributed by atoms with Gasteiger partial charge >= 0.3 is 12.4 Å². The van der Waals surface area contributed by atoms with Gasteiger partial charge in [-0.3, -0.25) is 4.79 Å². The lowest BCUT2D eigenvalue weighted by molar-refractivity contribution is -0.143. The van der Waals surface area contributed by atoms with Crippen molar-refractivity contribution in [3.8, 4) is 0 Å². The first-order valence-electron chi connectivity index (χ1n) is 8.52. The minimum atomic E-state index is -5.06. The summed E-state index contributed by atoms with van der Waals surface area (Å²) >= 11 is 0. The topological polar surface area (TPSA) is 59.0 Å². The van der Waals surface area contributed by atoms with E-state index in [2.05, 4.69) is 10.4 Å². The Morgan fingerprint density at radius 2 is 1.65 bits per heavy atom. The van der Waals surface area contributed by atoms with Crippen molar-refractivity contribution in [2.45, 2.75) is 12.4 Å². The smallest absolute Gasteiger partial charge is 0.355 e. The van der Waals surface area contributed by atoms with E-state index in [9.17, 15) is 35.5 Å². The van der Waals surface area contributed by atoms with Gasteiger partial charge in [-0.25, -0.2) is 9.07 Å². The number of para-hydroxylation sites is 1. The fourth-order valence-corrected chi connectivity index (χ4v) is 2.71. The summed E-state index contributed by atoms with van der Waals surface area (Å²) in [5.41, 5.74) is -2.79. The van der Waals surface area contributed by atoms with Crippen LogP contribution in [0.2, 0.25) is 0 Å². The highest BCUT2D eigenvalue weighted by atomic mass is 19.4. The number of benzene rings is 2. The van der Waals surface area contributed by atoms with E-state index in [0.29, 0.717) is 4.68 Å². The van der Waals surface area contributed by atoms with E-state index in [-0.39, 0.29) is 16.9 Å². The van der Waals surface area contributed by atoms with Gasteiger partial charge in [0.1, 0.15) is 0 Å². The number of aryl methyl sites for hydroxylation is 1. The minimum absolute atomic E-state index is 0.0150. The van der Waals surface area contributed by atoms with E-state index >= 15 is 0 Å². The third-order valence-electron chi connectivity index (χ3n) is 4.13. The molecule has 0 saturated heterocycles. The molecule has 164 valence electrons. The molecule has 0 aliphatic heterocycles. The molecule has 2 N–H and O–H groups in total. The molecule has 0 saturated carbocycles. The summed E-state index contributed by atoms with van der Waals surface area (Å²) in [4.78, 5) is 12.6. The fourth-order valence-electron chi connectivity index (χ4n) is 2.71. The monoisotopic (exact) mass is 446 g/mol. The molecule has 5 nitrogen and oxygen atoms in total.